The van der Waals surface area contributed by atoms with Gasteiger partial charge >= 0.3 is 0 Å². The smallest absolute Gasteiger partial charge is 0.0159 e. The SMILES string of the molecule is Cc1ccc2c(c1)C(C)(C)c1cc(C3=CC=CCC=C3)ccc1-2. The van der Waals surface area contributed by atoms with Gasteiger partial charge in [-0.05, 0) is 52.8 Å². The molecule has 0 atom stereocenters. The Morgan fingerprint density at radius 3 is 2.43 bits per heavy atom. The number of hydrogen-bond donors (Lipinski definition) is 0. The van der Waals surface area contributed by atoms with Gasteiger partial charge in [-0.15, -0.1) is 0 Å². The minimum absolute atomic E-state index is 0.0670. The van der Waals surface area contributed by atoms with Crippen molar-refractivity contribution in [3.05, 3.63) is 89.0 Å². The number of aryl methyl sites for hydroxylation is 1. The largest absolute Gasteiger partial charge is 0.0807 e. The molecule has 0 bridgehead atoms. The number of allylic oxidation sites excluding steroid dienone is 6. The van der Waals surface area contributed by atoms with Crippen LogP contribution in [0.25, 0.3) is 16.7 Å². The first-order valence-electron chi connectivity index (χ1n) is 8.37. The van der Waals surface area contributed by atoms with Gasteiger partial charge in [0.25, 0.3) is 0 Å². The number of rotatable bonds is 1. The summed E-state index contributed by atoms with van der Waals surface area (Å²) in [5.41, 5.74) is 9.69. The maximum Gasteiger partial charge on any atom is 0.0159 e. The van der Waals surface area contributed by atoms with E-state index < -0.39 is 0 Å². The van der Waals surface area contributed by atoms with E-state index in [0.29, 0.717) is 0 Å². The van der Waals surface area contributed by atoms with Gasteiger partial charge in [-0.25, -0.2) is 0 Å². The lowest BCUT2D eigenvalue weighted by Gasteiger charge is -2.22. The Balaban J connectivity index is 1.89. The second-order valence-electron chi connectivity index (χ2n) is 7.12. The predicted octanol–water partition coefficient (Wildman–Crippen LogP) is 6.20. The molecule has 2 aromatic carbocycles. The molecule has 0 nitrogen and oxygen atoms in total. The van der Waals surface area contributed by atoms with Crippen LogP contribution in [0.5, 0.6) is 0 Å². The van der Waals surface area contributed by atoms with Crippen molar-refractivity contribution < 1.29 is 0 Å². The summed E-state index contributed by atoms with van der Waals surface area (Å²) in [5.74, 6) is 0. The van der Waals surface area contributed by atoms with Gasteiger partial charge in [0.1, 0.15) is 0 Å². The van der Waals surface area contributed by atoms with Crippen molar-refractivity contribution in [3.63, 3.8) is 0 Å². The maximum absolute atomic E-state index is 2.39. The quantitative estimate of drug-likeness (QED) is 0.588. The van der Waals surface area contributed by atoms with Gasteiger partial charge in [-0.2, -0.15) is 0 Å². The van der Waals surface area contributed by atoms with Crippen LogP contribution in [0.4, 0.5) is 0 Å². The molecule has 0 heterocycles. The Bertz CT molecular complexity index is 873. The first kappa shape index (κ1) is 14.3. The van der Waals surface area contributed by atoms with E-state index in [9.17, 15) is 0 Å². The first-order valence-corrected chi connectivity index (χ1v) is 8.37. The van der Waals surface area contributed by atoms with Crippen molar-refractivity contribution in [1.82, 2.24) is 0 Å². The summed E-state index contributed by atoms with van der Waals surface area (Å²) in [5, 5.41) is 0. The summed E-state index contributed by atoms with van der Waals surface area (Å²) in [6.07, 6.45) is 12.0. The van der Waals surface area contributed by atoms with Crippen molar-refractivity contribution >= 4 is 5.57 Å². The molecule has 2 aliphatic rings. The lowest BCUT2D eigenvalue weighted by atomic mass is 9.81. The molecule has 0 spiro atoms. The van der Waals surface area contributed by atoms with Gasteiger partial charge in [-0.3, -0.25) is 0 Å². The summed E-state index contributed by atoms with van der Waals surface area (Å²) in [6.45, 7) is 6.87. The van der Waals surface area contributed by atoms with Crippen molar-refractivity contribution in [2.24, 2.45) is 0 Å². The minimum atomic E-state index is 0.0670. The van der Waals surface area contributed by atoms with Crippen LogP contribution < -0.4 is 0 Å². The van der Waals surface area contributed by atoms with Crippen molar-refractivity contribution in [2.75, 3.05) is 0 Å². The second-order valence-corrected chi connectivity index (χ2v) is 7.12. The van der Waals surface area contributed by atoms with E-state index in [-0.39, 0.29) is 5.41 Å². The Morgan fingerprint density at radius 1 is 0.870 bits per heavy atom. The molecule has 23 heavy (non-hydrogen) atoms. The summed E-state index contributed by atoms with van der Waals surface area (Å²) in [7, 11) is 0. The molecular weight excluding hydrogens is 276 g/mol. The zero-order chi connectivity index (χ0) is 16.0. The van der Waals surface area contributed by atoms with Gasteiger partial charge in [0, 0.05) is 5.41 Å². The van der Waals surface area contributed by atoms with Crippen LogP contribution in [0, 0.1) is 6.92 Å². The third-order valence-electron chi connectivity index (χ3n) is 5.15. The number of fused-ring (bicyclic) bond motifs is 3. The van der Waals surface area contributed by atoms with Crippen molar-refractivity contribution in [2.45, 2.75) is 32.6 Å². The molecule has 0 aromatic heterocycles. The molecule has 0 saturated heterocycles. The van der Waals surface area contributed by atoms with Crippen molar-refractivity contribution in [3.8, 4) is 11.1 Å². The lowest BCUT2D eigenvalue weighted by molar-refractivity contribution is 0.659. The van der Waals surface area contributed by atoms with Crippen LogP contribution in [0.3, 0.4) is 0 Å². The van der Waals surface area contributed by atoms with E-state index in [4.69, 9.17) is 0 Å². The molecule has 0 unspecified atom stereocenters. The fourth-order valence-electron chi connectivity index (χ4n) is 3.80. The zero-order valence-corrected chi connectivity index (χ0v) is 14.1. The predicted molar refractivity (Wildman–Crippen MR) is 99.6 cm³/mol. The third-order valence-corrected chi connectivity index (χ3v) is 5.15. The van der Waals surface area contributed by atoms with E-state index in [0.717, 1.165) is 6.42 Å². The molecule has 0 heteroatoms. The summed E-state index contributed by atoms with van der Waals surface area (Å²) in [6, 6.07) is 13.8. The zero-order valence-electron chi connectivity index (χ0n) is 14.1. The molecule has 2 aromatic rings. The Labute approximate surface area is 138 Å². The van der Waals surface area contributed by atoms with Gasteiger partial charge in [0.2, 0.25) is 0 Å². The maximum atomic E-state index is 2.39. The number of hydrogen-bond acceptors (Lipinski definition) is 0. The van der Waals surface area contributed by atoms with Crippen LogP contribution in [0.15, 0.2) is 66.8 Å². The van der Waals surface area contributed by atoms with E-state index in [2.05, 4.69) is 87.5 Å². The fourth-order valence-corrected chi connectivity index (χ4v) is 3.80. The van der Waals surface area contributed by atoms with Crippen LogP contribution in [-0.4, -0.2) is 0 Å². The van der Waals surface area contributed by atoms with Crippen LogP contribution in [0.1, 0.15) is 42.5 Å². The molecule has 0 fully saturated rings. The van der Waals surface area contributed by atoms with E-state index >= 15 is 0 Å². The fraction of sp³-hybridized carbons (Fsp3) is 0.217. The van der Waals surface area contributed by atoms with Crippen molar-refractivity contribution in [1.29, 1.82) is 0 Å². The molecule has 0 aliphatic heterocycles. The molecule has 0 amide bonds. The van der Waals surface area contributed by atoms with E-state index in [1.807, 2.05) is 0 Å². The molecule has 0 radical (unpaired) electrons. The Morgan fingerprint density at radius 2 is 1.61 bits per heavy atom. The average molecular weight is 298 g/mol. The molecular formula is C23H22. The van der Waals surface area contributed by atoms with Gasteiger partial charge < -0.3 is 0 Å². The Hall–Kier alpha value is -2.34. The Kier molecular flexibility index (Phi) is 3.16. The molecule has 4 rings (SSSR count). The van der Waals surface area contributed by atoms with Gasteiger partial charge in [0.05, 0.1) is 0 Å². The van der Waals surface area contributed by atoms with Gasteiger partial charge in [0.15, 0.2) is 0 Å². The normalized spacial score (nSPS) is 17.4. The highest BCUT2D eigenvalue weighted by molar-refractivity contribution is 5.85. The van der Waals surface area contributed by atoms with Crippen LogP contribution >= 0.6 is 0 Å². The van der Waals surface area contributed by atoms with E-state index in [1.165, 1.54) is 39.0 Å². The summed E-state index contributed by atoms with van der Waals surface area (Å²) >= 11 is 0. The highest BCUT2D eigenvalue weighted by Crippen LogP contribution is 2.49. The van der Waals surface area contributed by atoms with E-state index in [1.54, 1.807) is 0 Å². The standard InChI is InChI=1S/C23H22/c1-16-10-12-19-20-13-11-18(17-8-6-4-5-7-9-17)15-22(20)23(2,3)21(19)14-16/h4,6-15H,5H2,1-3H3. The minimum Gasteiger partial charge on any atom is -0.0807 e. The number of benzene rings is 2. The molecule has 114 valence electrons. The first-order chi connectivity index (χ1) is 11.1. The van der Waals surface area contributed by atoms with Gasteiger partial charge in [-0.1, -0.05) is 80.1 Å². The molecule has 0 N–H and O–H groups in total. The van der Waals surface area contributed by atoms with Crippen LogP contribution in [0.2, 0.25) is 0 Å². The monoisotopic (exact) mass is 298 g/mol. The highest BCUT2D eigenvalue weighted by atomic mass is 14.4. The molecule has 0 saturated carbocycles. The molecule has 2 aliphatic carbocycles. The topological polar surface area (TPSA) is 0 Å². The average Bonchev–Trinajstić information content (AvgIpc) is 2.75. The summed E-state index contributed by atoms with van der Waals surface area (Å²) in [4.78, 5) is 0. The third kappa shape index (κ3) is 2.21. The van der Waals surface area contributed by atoms with Crippen LogP contribution in [-0.2, 0) is 5.41 Å². The lowest BCUT2D eigenvalue weighted by Crippen LogP contribution is -2.15. The summed E-state index contributed by atoms with van der Waals surface area (Å²) < 4.78 is 0. The highest BCUT2D eigenvalue weighted by Gasteiger charge is 2.35. The second kappa shape index (κ2) is 5.09.